The van der Waals surface area contributed by atoms with E-state index in [0.717, 1.165) is 34.5 Å². The van der Waals surface area contributed by atoms with Crippen LogP contribution in [-0.2, 0) is 0 Å². The van der Waals surface area contributed by atoms with Crippen LogP contribution >= 0.6 is 0 Å². The Morgan fingerprint density at radius 1 is 0.931 bits per heavy atom. The predicted octanol–water partition coefficient (Wildman–Crippen LogP) is 6.20. The van der Waals surface area contributed by atoms with Crippen molar-refractivity contribution < 1.29 is 4.79 Å². The number of carbonyl (C=O) groups is 1. The van der Waals surface area contributed by atoms with Crippen LogP contribution in [-0.4, -0.2) is 11.9 Å². The second-order valence-electron chi connectivity index (χ2n) is 8.15. The molecule has 148 valence electrons. The Hall–Kier alpha value is -3.07. The molecule has 0 aliphatic carbocycles. The molecule has 3 aromatic carbocycles. The first-order valence-corrected chi connectivity index (χ1v) is 10.3. The van der Waals surface area contributed by atoms with E-state index in [1.165, 1.54) is 11.1 Å². The number of amides is 1. The first-order valence-electron chi connectivity index (χ1n) is 10.3. The molecule has 29 heavy (non-hydrogen) atoms. The maximum atomic E-state index is 13.5. The third kappa shape index (κ3) is 3.65. The summed E-state index contributed by atoms with van der Waals surface area (Å²) in [6, 6.07) is 22.8. The van der Waals surface area contributed by atoms with E-state index in [1.807, 2.05) is 36.1 Å². The van der Waals surface area contributed by atoms with E-state index in [4.69, 9.17) is 0 Å². The molecule has 1 aliphatic rings. The van der Waals surface area contributed by atoms with Crippen molar-refractivity contribution in [2.75, 3.05) is 10.2 Å². The molecule has 0 spiro atoms. The number of carbonyl (C=O) groups excluding carboxylic acids is 1. The fraction of sp³-hybridized carbons (Fsp3) is 0.269. The summed E-state index contributed by atoms with van der Waals surface area (Å²) in [6.07, 6.45) is 0.863. The topological polar surface area (TPSA) is 32.3 Å². The van der Waals surface area contributed by atoms with Crippen LogP contribution in [0.3, 0.4) is 0 Å². The summed E-state index contributed by atoms with van der Waals surface area (Å²) in [5.74, 6) is 0.0751. The molecule has 0 unspecified atom stereocenters. The van der Waals surface area contributed by atoms with Crippen LogP contribution in [0.4, 0.5) is 11.4 Å². The zero-order valence-electron chi connectivity index (χ0n) is 17.6. The first-order chi connectivity index (χ1) is 14.0. The van der Waals surface area contributed by atoms with Crippen LogP contribution in [0.25, 0.3) is 0 Å². The Bertz CT molecular complexity index is 1060. The molecule has 0 fully saturated rings. The van der Waals surface area contributed by atoms with Crippen LogP contribution in [0.15, 0.2) is 66.7 Å². The highest BCUT2D eigenvalue weighted by Gasteiger charge is 2.35. The predicted molar refractivity (Wildman–Crippen MR) is 121 cm³/mol. The van der Waals surface area contributed by atoms with Crippen LogP contribution in [0.1, 0.15) is 52.0 Å². The van der Waals surface area contributed by atoms with Crippen molar-refractivity contribution in [3.05, 3.63) is 94.5 Å². The van der Waals surface area contributed by atoms with Gasteiger partial charge in [-0.05, 0) is 69.0 Å². The number of benzene rings is 3. The SMILES string of the molecule is Cc1cccc(C(=O)N2c3c(C)cccc3[C@H](Nc3ccccc3C)C[C@H]2C)c1. The van der Waals surface area contributed by atoms with Gasteiger partial charge in [0.15, 0.2) is 0 Å². The first kappa shape index (κ1) is 19.3. The zero-order valence-corrected chi connectivity index (χ0v) is 17.6. The molecule has 0 radical (unpaired) electrons. The maximum absolute atomic E-state index is 13.5. The molecule has 1 N–H and O–H groups in total. The highest BCUT2D eigenvalue weighted by molar-refractivity contribution is 6.07. The normalized spacial score (nSPS) is 18.3. The molecule has 3 heteroatoms. The van der Waals surface area contributed by atoms with Crippen molar-refractivity contribution in [1.82, 2.24) is 0 Å². The largest absolute Gasteiger partial charge is 0.378 e. The number of para-hydroxylation sites is 2. The van der Waals surface area contributed by atoms with Crippen molar-refractivity contribution in [3.8, 4) is 0 Å². The average Bonchev–Trinajstić information content (AvgIpc) is 2.70. The Morgan fingerprint density at radius 2 is 1.66 bits per heavy atom. The van der Waals surface area contributed by atoms with Crippen LogP contribution < -0.4 is 10.2 Å². The molecule has 3 nitrogen and oxygen atoms in total. The van der Waals surface area contributed by atoms with Crippen LogP contribution in [0, 0.1) is 20.8 Å². The number of hydrogen-bond donors (Lipinski definition) is 1. The lowest BCUT2D eigenvalue weighted by atomic mass is 9.88. The van der Waals surface area contributed by atoms with E-state index in [1.54, 1.807) is 0 Å². The number of anilines is 2. The third-order valence-corrected chi connectivity index (χ3v) is 5.86. The van der Waals surface area contributed by atoms with Crippen molar-refractivity contribution in [2.24, 2.45) is 0 Å². The molecule has 0 saturated carbocycles. The van der Waals surface area contributed by atoms with E-state index < -0.39 is 0 Å². The van der Waals surface area contributed by atoms with Gasteiger partial charge in [0.25, 0.3) is 5.91 Å². The fourth-order valence-corrected chi connectivity index (χ4v) is 4.36. The lowest BCUT2D eigenvalue weighted by Crippen LogP contribution is -2.44. The highest BCUT2D eigenvalue weighted by atomic mass is 16.2. The van der Waals surface area contributed by atoms with Gasteiger partial charge in [0.2, 0.25) is 0 Å². The maximum Gasteiger partial charge on any atom is 0.258 e. The molecule has 1 heterocycles. The van der Waals surface area contributed by atoms with Crippen molar-refractivity contribution in [1.29, 1.82) is 0 Å². The van der Waals surface area contributed by atoms with Crippen molar-refractivity contribution in [3.63, 3.8) is 0 Å². The molecule has 0 bridgehead atoms. The van der Waals surface area contributed by atoms with Gasteiger partial charge in [-0.3, -0.25) is 4.79 Å². The molecule has 1 amide bonds. The van der Waals surface area contributed by atoms with Crippen LogP contribution in [0.5, 0.6) is 0 Å². The van der Waals surface area contributed by atoms with Gasteiger partial charge in [-0.15, -0.1) is 0 Å². The van der Waals surface area contributed by atoms with Gasteiger partial charge < -0.3 is 10.2 Å². The van der Waals surface area contributed by atoms with Crippen LogP contribution in [0.2, 0.25) is 0 Å². The minimum Gasteiger partial charge on any atom is -0.378 e. The van der Waals surface area contributed by atoms with Gasteiger partial charge in [0.05, 0.1) is 11.7 Å². The van der Waals surface area contributed by atoms with E-state index >= 15 is 0 Å². The average molecular weight is 385 g/mol. The summed E-state index contributed by atoms with van der Waals surface area (Å²) in [5.41, 5.74) is 7.59. The number of nitrogens with zero attached hydrogens (tertiary/aromatic N) is 1. The smallest absolute Gasteiger partial charge is 0.258 e. The molecule has 3 aromatic rings. The minimum atomic E-state index is 0.0751. The quantitative estimate of drug-likeness (QED) is 0.583. The standard InChI is InChI=1S/C26H28N2O/c1-17-9-7-12-21(15-17)26(29)28-20(4)16-24(22-13-8-11-19(3)25(22)28)27-23-14-6-5-10-18(23)2/h5-15,20,24,27H,16H2,1-4H3/t20-,24-/m1/s1. The van der Waals surface area contributed by atoms with Gasteiger partial charge in [0, 0.05) is 17.3 Å². The Labute approximate surface area is 173 Å². The summed E-state index contributed by atoms with van der Waals surface area (Å²) in [6.45, 7) is 8.39. The summed E-state index contributed by atoms with van der Waals surface area (Å²) in [4.78, 5) is 15.5. The zero-order chi connectivity index (χ0) is 20.5. The van der Waals surface area contributed by atoms with Gasteiger partial charge in [0.1, 0.15) is 0 Å². The van der Waals surface area contributed by atoms with E-state index in [2.05, 4.69) is 68.6 Å². The molecule has 4 rings (SSSR count). The molecule has 0 aromatic heterocycles. The summed E-state index contributed by atoms with van der Waals surface area (Å²) < 4.78 is 0. The highest BCUT2D eigenvalue weighted by Crippen LogP contribution is 2.41. The second kappa shape index (κ2) is 7.75. The molecular formula is C26H28N2O. The van der Waals surface area contributed by atoms with E-state index in [9.17, 15) is 4.79 Å². The lowest BCUT2D eigenvalue weighted by molar-refractivity contribution is 0.0974. The Kier molecular flexibility index (Phi) is 5.14. The number of nitrogens with one attached hydrogen (secondary N) is 1. The molecule has 0 saturated heterocycles. The van der Waals surface area contributed by atoms with Crippen molar-refractivity contribution in [2.45, 2.75) is 46.2 Å². The fourth-order valence-electron chi connectivity index (χ4n) is 4.36. The second-order valence-corrected chi connectivity index (χ2v) is 8.15. The Balaban J connectivity index is 1.75. The van der Waals surface area contributed by atoms with Gasteiger partial charge in [-0.1, -0.05) is 54.1 Å². The number of aryl methyl sites for hydroxylation is 3. The molecule has 1 aliphatic heterocycles. The van der Waals surface area contributed by atoms with Gasteiger partial charge in [-0.2, -0.15) is 0 Å². The number of fused-ring (bicyclic) bond motifs is 1. The summed E-state index contributed by atoms with van der Waals surface area (Å²) >= 11 is 0. The van der Waals surface area contributed by atoms with Crippen molar-refractivity contribution >= 4 is 17.3 Å². The third-order valence-electron chi connectivity index (χ3n) is 5.86. The lowest BCUT2D eigenvalue weighted by Gasteiger charge is -2.41. The van der Waals surface area contributed by atoms with E-state index in [-0.39, 0.29) is 18.0 Å². The Morgan fingerprint density at radius 3 is 2.41 bits per heavy atom. The molecule has 2 atom stereocenters. The summed E-state index contributed by atoms with van der Waals surface area (Å²) in [7, 11) is 0. The minimum absolute atomic E-state index is 0.0751. The van der Waals surface area contributed by atoms with Gasteiger partial charge in [-0.25, -0.2) is 0 Å². The number of hydrogen-bond acceptors (Lipinski definition) is 2. The summed E-state index contributed by atoms with van der Waals surface area (Å²) in [5, 5.41) is 3.73. The molecular weight excluding hydrogens is 356 g/mol. The monoisotopic (exact) mass is 384 g/mol. The van der Waals surface area contributed by atoms with E-state index in [0.29, 0.717) is 0 Å². The number of rotatable bonds is 3. The van der Waals surface area contributed by atoms with Gasteiger partial charge >= 0.3 is 0 Å².